The molecule has 2 aromatic rings. The predicted octanol–water partition coefficient (Wildman–Crippen LogP) is 3.56. The van der Waals surface area contributed by atoms with Gasteiger partial charge in [0, 0.05) is 30.7 Å². The SMILES string of the molecule is CCN(c1ccc(OC)cc1)S(=O)(=O)N1CCC[C@H](C(=O)NCc2ccccc2Br)C1. The molecular weight excluding hydrogens is 482 g/mol. The molecule has 2 aromatic carbocycles. The molecule has 1 aliphatic rings. The minimum Gasteiger partial charge on any atom is -0.497 e. The molecule has 1 atom stereocenters. The molecule has 31 heavy (non-hydrogen) atoms. The monoisotopic (exact) mass is 509 g/mol. The van der Waals surface area contributed by atoms with Crippen LogP contribution in [0.3, 0.4) is 0 Å². The normalized spacial score (nSPS) is 17.2. The topological polar surface area (TPSA) is 79.0 Å². The van der Waals surface area contributed by atoms with E-state index < -0.39 is 10.2 Å². The Hall–Kier alpha value is -2.10. The number of nitrogens with zero attached hydrogens (tertiary/aromatic N) is 2. The number of ether oxygens (including phenoxy) is 1. The first kappa shape index (κ1) is 23.6. The lowest BCUT2D eigenvalue weighted by atomic mass is 9.99. The van der Waals surface area contributed by atoms with Crippen LogP contribution in [0.15, 0.2) is 53.0 Å². The molecular formula is C22H28BrN3O4S. The Kier molecular flexibility index (Phi) is 7.96. The van der Waals surface area contributed by atoms with Crippen LogP contribution in [0.5, 0.6) is 5.75 Å². The lowest BCUT2D eigenvalue weighted by Crippen LogP contribution is -2.50. The van der Waals surface area contributed by atoms with Crippen molar-refractivity contribution in [1.29, 1.82) is 0 Å². The van der Waals surface area contributed by atoms with E-state index in [1.807, 2.05) is 24.3 Å². The lowest BCUT2D eigenvalue weighted by molar-refractivity contribution is -0.126. The van der Waals surface area contributed by atoms with Crippen molar-refractivity contribution in [3.05, 3.63) is 58.6 Å². The van der Waals surface area contributed by atoms with Gasteiger partial charge in [-0.15, -0.1) is 0 Å². The van der Waals surface area contributed by atoms with Crippen molar-refractivity contribution >= 4 is 37.7 Å². The number of amides is 1. The molecule has 0 unspecified atom stereocenters. The van der Waals surface area contributed by atoms with Crippen LogP contribution in [-0.4, -0.2) is 45.4 Å². The molecule has 0 spiro atoms. The van der Waals surface area contributed by atoms with E-state index >= 15 is 0 Å². The van der Waals surface area contributed by atoms with Gasteiger partial charge in [0.25, 0.3) is 0 Å². The zero-order valence-electron chi connectivity index (χ0n) is 17.8. The van der Waals surface area contributed by atoms with E-state index in [0.29, 0.717) is 43.9 Å². The number of nitrogens with one attached hydrogen (secondary N) is 1. The van der Waals surface area contributed by atoms with Crippen LogP contribution < -0.4 is 14.4 Å². The molecule has 9 heteroatoms. The number of benzene rings is 2. The fourth-order valence-electron chi connectivity index (χ4n) is 3.70. The second kappa shape index (κ2) is 10.5. The van der Waals surface area contributed by atoms with Gasteiger partial charge in [0.2, 0.25) is 5.91 Å². The number of carbonyl (C=O) groups excluding carboxylic acids is 1. The minimum absolute atomic E-state index is 0.122. The summed E-state index contributed by atoms with van der Waals surface area (Å²) in [6.45, 7) is 3.08. The van der Waals surface area contributed by atoms with E-state index in [1.54, 1.807) is 38.3 Å². The summed E-state index contributed by atoms with van der Waals surface area (Å²) in [5.74, 6) is 0.167. The third-order valence-electron chi connectivity index (χ3n) is 5.42. The van der Waals surface area contributed by atoms with Crippen LogP contribution in [0.2, 0.25) is 0 Å². The molecule has 3 rings (SSSR count). The zero-order valence-corrected chi connectivity index (χ0v) is 20.2. The van der Waals surface area contributed by atoms with E-state index in [4.69, 9.17) is 4.74 Å². The third-order valence-corrected chi connectivity index (χ3v) is 8.20. The fraction of sp³-hybridized carbons (Fsp3) is 0.409. The molecule has 1 aliphatic heterocycles. The van der Waals surface area contributed by atoms with E-state index in [2.05, 4.69) is 21.2 Å². The molecule has 0 bridgehead atoms. The number of anilines is 1. The van der Waals surface area contributed by atoms with Crippen molar-refractivity contribution in [1.82, 2.24) is 9.62 Å². The lowest BCUT2D eigenvalue weighted by Gasteiger charge is -2.35. The van der Waals surface area contributed by atoms with Crippen molar-refractivity contribution in [2.45, 2.75) is 26.3 Å². The highest BCUT2D eigenvalue weighted by molar-refractivity contribution is 9.10. The maximum absolute atomic E-state index is 13.3. The van der Waals surface area contributed by atoms with Crippen LogP contribution in [0.1, 0.15) is 25.3 Å². The number of hydrogen-bond acceptors (Lipinski definition) is 4. The van der Waals surface area contributed by atoms with Crippen LogP contribution >= 0.6 is 15.9 Å². The van der Waals surface area contributed by atoms with Gasteiger partial charge in [0.15, 0.2) is 0 Å². The second-order valence-corrected chi connectivity index (χ2v) is 10.1. The van der Waals surface area contributed by atoms with Gasteiger partial charge < -0.3 is 10.1 Å². The Morgan fingerprint density at radius 2 is 1.94 bits per heavy atom. The van der Waals surface area contributed by atoms with Gasteiger partial charge >= 0.3 is 10.2 Å². The summed E-state index contributed by atoms with van der Waals surface area (Å²) in [6.07, 6.45) is 1.31. The average Bonchev–Trinajstić information content (AvgIpc) is 2.79. The molecule has 1 N–H and O–H groups in total. The molecule has 1 amide bonds. The summed E-state index contributed by atoms with van der Waals surface area (Å²) in [7, 11) is -2.18. The van der Waals surface area contributed by atoms with Crippen LogP contribution in [0.4, 0.5) is 5.69 Å². The Bertz CT molecular complexity index is 998. The number of halogens is 1. The van der Waals surface area contributed by atoms with Gasteiger partial charge in [-0.1, -0.05) is 34.1 Å². The fourth-order valence-corrected chi connectivity index (χ4v) is 5.85. The molecule has 0 radical (unpaired) electrons. The van der Waals surface area contributed by atoms with Gasteiger partial charge in [0.05, 0.1) is 18.7 Å². The number of methoxy groups -OCH3 is 1. The second-order valence-electron chi connectivity index (χ2n) is 7.38. The van der Waals surface area contributed by atoms with Crippen molar-refractivity contribution < 1.29 is 17.9 Å². The number of hydrogen-bond donors (Lipinski definition) is 1. The van der Waals surface area contributed by atoms with Crippen molar-refractivity contribution in [3.63, 3.8) is 0 Å². The highest BCUT2D eigenvalue weighted by Crippen LogP contribution is 2.27. The molecule has 1 heterocycles. The van der Waals surface area contributed by atoms with E-state index in [9.17, 15) is 13.2 Å². The highest BCUT2D eigenvalue weighted by atomic mass is 79.9. The molecule has 0 aromatic heterocycles. The van der Waals surface area contributed by atoms with E-state index in [1.165, 1.54) is 8.61 Å². The molecule has 1 fully saturated rings. The first-order chi connectivity index (χ1) is 14.9. The average molecular weight is 510 g/mol. The summed E-state index contributed by atoms with van der Waals surface area (Å²) in [4.78, 5) is 12.8. The summed E-state index contributed by atoms with van der Waals surface area (Å²) in [5.41, 5.74) is 1.55. The first-order valence-electron chi connectivity index (χ1n) is 10.3. The number of rotatable bonds is 8. The first-order valence-corrected chi connectivity index (χ1v) is 12.5. The molecule has 7 nitrogen and oxygen atoms in total. The molecule has 168 valence electrons. The van der Waals surface area contributed by atoms with Crippen molar-refractivity contribution in [2.75, 3.05) is 31.0 Å². The number of carbonyl (C=O) groups is 1. The van der Waals surface area contributed by atoms with Crippen LogP contribution in [-0.2, 0) is 21.5 Å². The van der Waals surface area contributed by atoms with E-state index in [0.717, 1.165) is 10.0 Å². The van der Waals surface area contributed by atoms with Gasteiger partial charge in [0.1, 0.15) is 5.75 Å². The molecule has 0 aliphatic carbocycles. The van der Waals surface area contributed by atoms with Crippen molar-refractivity contribution in [3.8, 4) is 5.75 Å². The van der Waals surface area contributed by atoms with Gasteiger partial charge in [-0.25, -0.2) is 0 Å². The standard InChI is InChI=1S/C22H28BrN3O4S/c1-3-26(19-10-12-20(30-2)13-11-19)31(28,29)25-14-6-8-18(16-25)22(27)24-15-17-7-4-5-9-21(17)23/h4-5,7,9-13,18H,3,6,8,14-16H2,1-2H3,(H,24,27)/t18-/m0/s1. The van der Waals surface area contributed by atoms with Gasteiger partial charge in [-0.3, -0.25) is 9.10 Å². The minimum atomic E-state index is -3.75. The van der Waals surface area contributed by atoms with Crippen molar-refractivity contribution in [2.24, 2.45) is 5.92 Å². The third kappa shape index (κ3) is 5.58. The predicted molar refractivity (Wildman–Crippen MR) is 125 cm³/mol. The molecule has 0 saturated carbocycles. The smallest absolute Gasteiger partial charge is 0.304 e. The van der Waals surface area contributed by atoms with Gasteiger partial charge in [-0.2, -0.15) is 12.7 Å². The maximum atomic E-state index is 13.3. The Labute approximate surface area is 192 Å². The summed E-state index contributed by atoms with van der Waals surface area (Å²) >= 11 is 3.48. The highest BCUT2D eigenvalue weighted by Gasteiger charge is 2.35. The van der Waals surface area contributed by atoms with Gasteiger partial charge in [-0.05, 0) is 55.7 Å². The van der Waals surface area contributed by atoms with E-state index in [-0.39, 0.29) is 18.4 Å². The summed E-state index contributed by atoms with van der Waals surface area (Å²) in [6, 6.07) is 14.6. The number of piperidine rings is 1. The van der Waals surface area contributed by atoms with Crippen LogP contribution in [0.25, 0.3) is 0 Å². The molecule has 1 saturated heterocycles. The maximum Gasteiger partial charge on any atom is 0.304 e. The Morgan fingerprint density at radius 3 is 2.58 bits per heavy atom. The Balaban J connectivity index is 1.68. The van der Waals surface area contributed by atoms with Crippen LogP contribution in [0, 0.1) is 5.92 Å². The largest absolute Gasteiger partial charge is 0.497 e. The zero-order chi connectivity index (χ0) is 22.4. The summed E-state index contributed by atoms with van der Waals surface area (Å²) in [5, 5.41) is 2.95. The Morgan fingerprint density at radius 1 is 1.23 bits per heavy atom. The quantitative estimate of drug-likeness (QED) is 0.589. The summed E-state index contributed by atoms with van der Waals surface area (Å²) < 4.78 is 35.6.